The number of halogens is 3. The molecule has 0 aliphatic heterocycles. The van der Waals surface area contributed by atoms with E-state index in [0.29, 0.717) is 33.0 Å². The first-order valence-electron chi connectivity index (χ1n) is 6.87. The van der Waals surface area contributed by atoms with Crippen molar-refractivity contribution in [3.63, 3.8) is 0 Å². The van der Waals surface area contributed by atoms with Crippen LogP contribution < -0.4 is 4.74 Å². The Morgan fingerprint density at radius 2 is 1.71 bits per heavy atom. The molecule has 0 saturated heterocycles. The number of benzene rings is 2. The first kappa shape index (κ1) is 16.8. The minimum absolute atomic E-state index is 0.339. The van der Waals surface area contributed by atoms with Crippen LogP contribution >= 0.6 is 34.8 Å². The van der Waals surface area contributed by atoms with Crippen molar-refractivity contribution in [2.45, 2.75) is 6.61 Å². The van der Waals surface area contributed by atoms with Crippen LogP contribution in [0.1, 0.15) is 11.1 Å². The van der Waals surface area contributed by atoms with Gasteiger partial charge in [-0.3, -0.25) is 0 Å². The number of hydrogen-bond acceptors (Lipinski definition) is 4. The average molecular weight is 382 g/mol. The van der Waals surface area contributed by atoms with Gasteiger partial charge in [0.25, 0.3) is 0 Å². The molecule has 0 aliphatic rings. The molecule has 2 aromatic carbocycles. The maximum Gasteiger partial charge on any atom is 0.147 e. The largest absolute Gasteiger partial charge is 0.487 e. The summed E-state index contributed by atoms with van der Waals surface area (Å²) in [4.78, 5) is 0. The number of hydrogen-bond donors (Lipinski definition) is 0. The molecule has 0 radical (unpaired) electrons. The van der Waals surface area contributed by atoms with Gasteiger partial charge >= 0.3 is 0 Å². The van der Waals surface area contributed by atoms with Crippen LogP contribution in [0.3, 0.4) is 0 Å². The van der Waals surface area contributed by atoms with Gasteiger partial charge in [0.2, 0.25) is 0 Å². The van der Waals surface area contributed by atoms with Gasteiger partial charge in [0, 0.05) is 15.6 Å². The van der Waals surface area contributed by atoms with Crippen LogP contribution in [0.25, 0.3) is 0 Å². The monoisotopic (exact) mass is 380 g/mol. The normalized spacial score (nSPS) is 11.1. The van der Waals surface area contributed by atoms with E-state index in [1.165, 1.54) is 17.3 Å². The van der Waals surface area contributed by atoms with Crippen LogP contribution in [-0.4, -0.2) is 21.1 Å². The minimum Gasteiger partial charge on any atom is -0.487 e. The second kappa shape index (κ2) is 7.66. The molecular formula is C16H11Cl3N4O. The summed E-state index contributed by atoms with van der Waals surface area (Å²) in [6, 6.07) is 10.7. The van der Waals surface area contributed by atoms with Crippen LogP contribution in [0.15, 0.2) is 54.2 Å². The van der Waals surface area contributed by atoms with Crippen LogP contribution in [0, 0.1) is 0 Å². The van der Waals surface area contributed by atoms with Crippen LogP contribution in [-0.2, 0) is 6.61 Å². The molecule has 0 atom stereocenters. The van der Waals surface area contributed by atoms with Gasteiger partial charge in [-0.1, -0.05) is 46.9 Å². The molecule has 0 aliphatic carbocycles. The lowest BCUT2D eigenvalue weighted by molar-refractivity contribution is 0.306. The Morgan fingerprint density at radius 3 is 2.42 bits per heavy atom. The van der Waals surface area contributed by atoms with E-state index in [-0.39, 0.29) is 0 Å². The predicted octanol–water partition coefficient (Wildman–Crippen LogP) is 4.70. The van der Waals surface area contributed by atoms with Crippen molar-refractivity contribution in [2.75, 3.05) is 0 Å². The zero-order valence-corrected chi connectivity index (χ0v) is 14.5. The van der Waals surface area contributed by atoms with Gasteiger partial charge in [-0.05, 0) is 29.8 Å². The van der Waals surface area contributed by atoms with Crippen molar-refractivity contribution in [3.05, 3.63) is 75.2 Å². The highest BCUT2D eigenvalue weighted by Gasteiger charge is 2.10. The summed E-state index contributed by atoms with van der Waals surface area (Å²) in [7, 11) is 0. The predicted molar refractivity (Wildman–Crippen MR) is 95.3 cm³/mol. The molecule has 122 valence electrons. The molecule has 8 heteroatoms. The number of aromatic nitrogens is 3. The standard InChI is InChI=1S/C16H11Cl3N4O/c17-13-3-1-11(2-4-13)8-24-16-12(5-14(18)6-15(16)19)7-22-23-9-20-21-10-23/h1-7,9-10H,8H2/b22-7-. The Morgan fingerprint density at radius 1 is 1.00 bits per heavy atom. The third-order valence-corrected chi connectivity index (χ3v) is 3.82. The SMILES string of the molecule is Clc1ccc(COc2c(Cl)cc(Cl)cc2/C=N\n2cnnc2)cc1. The fraction of sp³-hybridized carbons (Fsp3) is 0.0625. The Labute approximate surface area is 153 Å². The van der Waals surface area contributed by atoms with Gasteiger partial charge < -0.3 is 4.74 Å². The van der Waals surface area contributed by atoms with E-state index < -0.39 is 0 Å². The van der Waals surface area contributed by atoms with Crippen molar-refractivity contribution < 1.29 is 4.74 Å². The quantitative estimate of drug-likeness (QED) is 0.602. The molecule has 0 fully saturated rings. The molecule has 0 spiro atoms. The molecule has 3 rings (SSSR count). The van der Waals surface area contributed by atoms with Gasteiger partial charge in [-0.2, -0.15) is 5.10 Å². The van der Waals surface area contributed by atoms with Crippen LogP contribution in [0.4, 0.5) is 0 Å². The highest BCUT2D eigenvalue weighted by Crippen LogP contribution is 2.32. The van der Waals surface area contributed by atoms with E-state index in [9.17, 15) is 0 Å². The van der Waals surface area contributed by atoms with Crippen molar-refractivity contribution in [1.29, 1.82) is 0 Å². The van der Waals surface area contributed by atoms with Gasteiger partial charge in [-0.15, -0.1) is 10.2 Å². The van der Waals surface area contributed by atoms with Gasteiger partial charge in [0.1, 0.15) is 25.0 Å². The van der Waals surface area contributed by atoms with Crippen molar-refractivity contribution >= 4 is 41.0 Å². The zero-order valence-electron chi connectivity index (χ0n) is 12.2. The number of ether oxygens (including phenoxy) is 1. The molecule has 0 bridgehead atoms. The molecule has 3 aromatic rings. The highest BCUT2D eigenvalue weighted by molar-refractivity contribution is 6.36. The maximum absolute atomic E-state index is 6.26. The maximum atomic E-state index is 6.26. The second-order valence-electron chi connectivity index (χ2n) is 4.81. The third-order valence-electron chi connectivity index (χ3n) is 3.07. The van der Waals surface area contributed by atoms with Gasteiger partial charge in [-0.25, -0.2) is 4.68 Å². The topological polar surface area (TPSA) is 52.3 Å². The lowest BCUT2D eigenvalue weighted by Crippen LogP contribution is -2.00. The minimum atomic E-state index is 0.339. The smallest absolute Gasteiger partial charge is 0.147 e. The Hall–Kier alpha value is -2.08. The third kappa shape index (κ3) is 4.26. The molecule has 0 saturated carbocycles. The van der Waals surface area contributed by atoms with Crippen LogP contribution in [0.5, 0.6) is 5.75 Å². The molecular weight excluding hydrogens is 371 g/mol. The van der Waals surface area contributed by atoms with Gasteiger partial charge in [0.15, 0.2) is 0 Å². The Balaban J connectivity index is 1.84. The lowest BCUT2D eigenvalue weighted by Gasteiger charge is -2.12. The number of rotatable bonds is 5. The summed E-state index contributed by atoms with van der Waals surface area (Å²) in [6.07, 6.45) is 4.52. The summed E-state index contributed by atoms with van der Waals surface area (Å²) < 4.78 is 7.31. The van der Waals surface area contributed by atoms with Crippen molar-refractivity contribution in [2.24, 2.45) is 5.10 Å². The summed E-state index contributed by atoms with van der Waals surface area (Å²) in [5.41, 5.74) is 1.61. The van der Waals surface area contributed by atoms with Crippen molar-refractivity contribution in [1.82, 2.24) is 14.9 Å². The van der Waals surface area contributed by atoms with Crippen molar-refractivity contribution in [3.8, 4) is 5.75 Å². The molecule has 0 amide bonds. The highest BCUT2D eigenvalue weighted by atomic mass is 35.5. The van der Waals surface area contributed by atoms with E-state index in [2.05, 4.69) is 15.3 Å². The first-order valence-corrected chi connectivity index (χ1v) is 8.00. The zero-order chi connectivity index (χ0) is 16.9. The summed E-state index contributed by atoms with van der Waals surface area (Å²) in [6.45, 7) is 0.339. The molecule has 0 unspecified atom stereocenters. The average Bonchev–Trinajstić information content (AvgIpc) is 3.07. The molecule has 0 N–H and O–H groups in total. The summed E-state index contributed by atoms with van der Waals surface area (Å²) in [5, 5.41) is 13.1. The van der Waals surface area contributed by atoms with E-state index in [1.807, 2.05) is 12.1 Å². The lowest BCUT2D eigenvalue weighted by atomic mass is 10.2. The number of nitrogens with zero attached hydrogens (tertiary/aromatic N) is 4. The first-order chi connectivity index (χ1) is 11.6. The van der Waals surface area contributed by atoms with E-state index in [1.54, 1.807) is 30.5 Å². The summed E-state index contributed by atoms with van der Waals surface area (Å²) >= 11 is 18.2. The fourth-order valence-electron chi connectivity index (χ4n) is 1.95. The molecule has 1 heterocycles. The second-order valence-corrected chi connectivity index (χ2v) is 6.09. The van der Waals surface area contributed by atoms with E-state index in [4.69, 9.17) is 39.5 Å². The Bertz CT molecular complexity index is 849. The van der Waals surface area contributed by atoms with E-state index in [0.717, 1.165) is 5.56 Å². The molecule has 1 aromatic heterocycles. The summed E-state index contributed by atoms with van der Waals surface area (Å²) in [5.74, 6) is 0.493. The van der Waals surface area contributed by atoms with Gasteiger partial charge in [0.05, 0.1) is 11.2 Å². The van der Waals surface area contributed by atoms with E-state index >= 15 is 0 Å². The molecule has 24 heavy (non-hydrogen) atoms. The van der Waals surface area contributed by atoms with Crippen LogP contribution in [0.2, 0.25) is 15.1 Å². The molecule has 5 nitrogen and oxygen atoms in total. The fourth-order valence-corrected chi connectivity index (χ4v) is 2.64. The Kier molecular flexibility index (Phi) is 5.35.